The highest BCUT2D eigenvalue weighted by Gasteiger charge is 2.26. The number of hydrogen-bond acceptors (Lipinski definition) is 6. The Kier molecular flexibility index (Phi) is 4.78. The molecule has 2 aromatic rings. The van der Waals surface area contributed by atoms with Gasteiger partial charge in [0, 0.05) is 31.6 Å². The number of phenolic OH excluding ortho intramolecular Hbond substituents is 1. The third-order valence-electron chi connectivity index (χ3n) is 5.31. The van der Waals surface area contributed by atoms with Crippen LogP contribution < -0.4 is 15.0 Å². The first-order valence-electron chi connectivity index (χ1n) is 9.34. The fourth-order valence-corrected chi connectivity index (χ4v) is 3.72. The minimum Gasteiger partial charge on any atom is -0.504 e. The molecule has 7 nitrogen and oxygen atoms in total. The molecule has 1 aliphatic heterocycles. The second-order valence-electron chi connectivity index (χ2n) is 7.40. The molecule has 0 amide bonds. The molecule has 4 rings (SSSR count). The largest absolute Gasteiger partial charge is 0.504 e. The molecule has 27 heavy (non-hydrogen) atoms. The molecule has 0 unspecified atom stereocenters. The SMILES string of the molecule is COc1cc(CN2CCc3c(nc(CC4CC4)[nH]c3=O)C2)cc(O)c1OC. The number of H-pyrrole nitrogens is 1. The van der Waals surface area contributed by atoms with Crippen LogP contribution in [0.4, 0.5) is 0 Å². The van der Waals surface area contributed by atoms with Crippen LogP contribution >= 0.6 is 0 Å². The summed E-state index contributed by atoms with van der Waals surface area (Å²) in [4.78, 5) is 22.3. The molecule has 0 bridgehead atoms. The fraction of sp³-hybridized carbons (Fsp3) is 0.500. The Balaban J connectivity index is 1.53. The molecule has 0 radical (unpaired) electrons. The van der Waals surface area contributed by atoms with Crippen LogP contribution in [-0.2, 0) is 25.9 Å². The lowest BCUT2D eigenvalue weighted by atomic mass is 10.0. The van der Waals surface area contributed by atoms with Gasteiger partial charge in [0.2, 0.25) is 5.75 Å². The quantitative estimate of drug-likeness (QED) is 0.808. The number of fused-ring (bicyclic) bond motifs is 1. The maximum Gasteiger partial charge on any atom is 0.254 e. The Morgan fingerprint density at radius 1 is 1.30 bits per heavy atom. The molecule has 2 aliphatic rings. The summed E-state index contributed by atoms with van der Waals surface area (Å²) in [5.41, 5.74) is 2.63. The number of phenols is 1. The summed E-state index contributed by atoms with van der Waals surface area (Å²) < 4.78 is 10.5. The molecule has 0 atom stereocenters. The zero-order valence-electron chi connectivity index (χ0n) is 15.7. The molecule has 2 heterocycles. The van der Waals surface area contributed by atoms with Crippen molar-refractivity contribution in [1.82, 2.24) is 14.9 Å². The van der Waals surface area contributed by atoms with Gasteiger partial charge in [-0.3, -0.25) is 9.69 Å². The highest BCUT2D eigenvalue weighted by Crippen LogP contribution is 2.38. The molecule has 2 N–H and O–H groups in total. The van der Waals surface area contributed by atoms with Crippen LogP contribution in [0.2, 0.25) is 0 Å². The number of nitrogens with zero attached hydrogens (tertiary/aromatic N) is 2. The Morgan fingerprint density at radius 2 is 2.11 bits per heavy atom. The smallest absolute Gasteiger partial charge is 0.254 e. The third kappa shape index (κ3) is 3.78. The van der Waals surface area contributed by atoms with E-state index >= 15 is 0 Å². The second kappa shape index (κ2) is 7.23. The van der Waals surface area contributed by atoms with Crippen molar-refractivity contribution < 1.29 is 14.6 Å². The molecule has 144 valence electrons. The van der Waals surface area contributed by atoms with Gasteiger partial charge < -0.3 is 19.6 Å². The van der Waals surface area contributed by atoms with Crippen LogP contribution in [0.3, 0.4) is 0 Å². The van der Waals surface area contributed by atoms with Crippen LogP contribution in [0.1, 0.15) is 35.5 Å². The van der Waals surface area contributed by atoms with E-state index in [9.17, 15) is 9.90 Å². The molecular weight excluding hydrogens is 346 g/mol. The van der Waals surface area contributed by atoms with Crippen LogP contribution in [0.15, 0.2) is 16.9 Å². The minimum absolute atomic E-state index is 0.0130. The van der Waals surface area contributed by atoms with E-state index in [1.54, 1.807) is 13.2 Å². The number of ether oxygens (including phenoxy) is 2. The Labute approximate surface area is 158 Å². The van der Waals surface area contributed by atoms with Gasteiger partial charge in [-0.15, -0.1) is 0 Å². The van der Waals surface area contributed by atoms with E-state index in [-0.39, 0.29) is 11.3 Å². The average molecular weight is 371 g/mol. The van der Waals surface area contributed by atoms with Crippen molar-refractivity contribution in [1.29, 1.82) is 0 Å². The van der Waals surface area contributed by atoms with Crippen molar-refractivity contribution in [3.63, 3.8) is 0 Å². The summed E-state index contributed by atoms with van der Waals surface area (Å²) in [6, 6.07) is 3.57. The van der Waals surface area contributed by atoms with Gasteiger partial charge in [-0.2, -0.15) is 0 Å². The molecule has 1 aromatic carbocycles. The van der Waals surface area contributed by atoms with Gasteiger partial charge in [0.05, 0.1) is 19.9 Å². The minimum atomic E-state index is 0.0130. The van der Waals surface area contributed by atoms with Gasteiger partial charge in [-0.25, -0.2) is 4.98 Å². The lowest BCUT2D eigenvalue weighted by Gasteiger charge is -2.28. The molecular formula is C20H25N3O4. The van der Waals surface area contributed by atoms with Gasteiger partial charge >= 0.3 is 0 Å². The maximum absolute atomic E-state index is 12.4. The molecule has 1 saturated carbocycles. The first kappa shape index (κ1) is 17.9. The number of methoxy groups -OCH3 is 2. The zero-order chi connectivity index (χ0) is 19.0. The average Bonchev–Trinajstić information content (AvgIpc) is 3.45. The van der Waals surface area contributed by atoms with Crippen LogP contribution in [0, 0.1) is 5.92 Å². The van der Waals surface area contributed by atoms with Crippen molar-refractivity contribution in [3.05, 3.63) is 45.1 Å². The second-order valence-corrected chi connectivity index (χ2v) is 7.40. The molecule has 0 spiro atoms. The van der Waals surface area contributed by atoms with E-state index < -0.39 is 0 Å². The van der Waals surface area contributed by atoms with E-state index in [1.807, 2.05) is 6.07 Å². The predicted octanol–water partition coefficient (Wildman–Crippen LogP) is 2.00. The number of nitrogens with one attached hydrogen (secondary N) is 1. The number of hydrogen-bond donors (Lipinski definition) is 2. The van der Waals surface area contributed by atoms with E-state index in [0.717, 1.165) is 35.6 Å². The van der Waals surface area contributed by atoms with Crippen molar-refractivity contribution in [3.8, 4) is 17.2 Å². The Bertz CT molecular complexity index is 905. The van der Waals surface area contributed by atoms with Crippen molar-refractivity contribution in [2.75, 3.05) is 20.8 Å². The molecule has 1 aromatic heterocycles. The monoisotopic (exact) mass is 371 g/mol. The first-order chi connectivity index (χ1) is 13.1. The number of aromatic nitrogens is 2. The van der Waals surface area contributed by atoms with Gasteiger partial charge in [-0.1, -0.05) is 0 Å². The lowest BCUT2D eigenvalue weighted by Crippen LogP contribution is -2.35. The van der Waals surface area contributed by atoms with Gasteiger partial charge in [-0.05, 0) is 42.9 Å². The summed E-state index contributed by atoms with van der Waals surface area (Å²) in [7, 11) is 3.05. The van der Waals surface area contributed by atoms with Gasteiger partial charge in [0.15, 0.2) is 11.5 Å². The predicted molar refractivity (Wildman–Crippen MR) is 100 cm³/mol. The standard InChI is InChI=1S/C20H25N3O4/c1-26-17-8-13(7-16(24)19(17)27-2)10-23-6-5-14-15(11-23)21-18(22-20(14)25)9-12-3-4-12/h7-8,12,24H,3-6,9-11H2,1-2H3,(H,21,22,25). The van der Waals surface area contributed by atoms with Crippen molar-refractivity contribution >= 4 is 0 Å². The fourth-order valence-electron chi connectivity index (χ4n) is 3.72. The maximum atomic E-state index is 12.4. The summed E-state index contributed by atoms with van der Waals surface area (Å²) in [6.45, 7) is 2.04. The van der Waals surface area contributed by atoms with E-state index in [4.69, 9.17) is 14.5 Å². The molecule has 7 heteroatoms. The van der Waals surface area contributed by atoms with Gasteiger partial charge in [0.25, 0.3) is 5.56 Å². The molecule has 1 aliphatic carbocycles. The van der Waals surface area contributed by atoms with Crippen molar-refractivity contribution in [2.24, 2.45) is 5.92 Å². The molecule has 1 fully saturated rings. The number of benzene rings is 1. The summed E-state index contributed by atoms with van der Waals surface area (Å²) in [5.74, 6) is 2.40. The van der Waals surface area contributed by atoms with Crippen LogP contribution in [-0.4, -0.2) is 40.7 Å². The first-order valence-corrected chi connectivity index (χ1v) is 9.34. The summed E-state index contributed by atoms with van der Waals surface area (Å²) >= 11 is 0. The van der Waals surface area contributed by atoms with E-state index in [0.29, 0.717) is 36.9 Å². The Hall–Kier alpha value is -2.54. The zero-order valence-corrected chi connectivity index (χ0v) is 15.7. The van der Waals surface area contributed by atoms with Gasteiger partial charge in [0.1, 0.15) is 5.82 Å². The van der Waals surface area contributed by atoms with E-state index in [2.05, 4.69) is 9.88 Å². The third-order valence-corrected chi connectivity index (χ3v) is 5.31. The van der Waals surface area contributed by atoms with Crippen LogP contribution in [0.5, 0.6) is 17.2 Å². The lowest BCUT2D eigenvalue weighted by molar-refractivity contribution is 0.239. The number of aromatic amines is 1. The summed E-state index contributed by atoms with van der Waals surface area (Å²) in [6.07, 6.45) is 4.01. The van der Waals surface area contributed by atoms with Crippen LogP contribution in [0.25, 0.3) is 0 Å². The normalized spacial score (nSPS) is 16.8. The van der Waals surface area contributed by atoms with E-state index in [1.165, 1.54) is 20.0 Å². The van der Waals surface area contributed by atoms with Crippen molar-refractivity contribution in [2.45, 2.75) is 38.8 Å². The Morgan fingerprint density at radius 3 is 2.81 bits per heavy atom. The number of rotatable bonds is 6. The topological polar surface area (TPSA) is 87.7 Å². The highest BCUT2D eigenvalue weighted by atomic mass is 16.5. The molecule has 0 saturated heterocycles. The summed E-state index contributed by atoms with van der Waals surface area (Å²) in [5, 5.41) is 10.2. The number of aromatic hydroxyl groups is 1. The highest BCUT2D eigenvalue weighted by molar-refractivity contribution is 5.53.